The number of hydrogen-bond acceptors (Lipinski definition) is 5. The van der Waals surface area contributed by atoms with Gasteiger partial charge >= 0.3 is 0 Å². The second kappa shape index (κ2) is 5.60. The Hall–Kier alpha value is -1.66. The van der Waals surface area contributed by atoms with Gasteiger partial charge in [-0.2, -0.15) is 0 Å². The Kier molecular flexibility index (Phi) is 3.89. The van der Waals surface area contributed by atoms with Gasteiger partial charge in [0.15, 0.2) is 0 Å². The molecule has 0 aliphatic rings. The molecule has 0 aliphatic carbocycles. The Labute approximate surface area is 107 Å². The highest BCUT2D eigenvalue weighted by atomic mass is 79.9. The molecule has 0 atom stereocenters. The highest BCUT2D eigenvalue weighted by molar-refractivity contribution is 9.10. The maximum atomic E-state index is 5.55. The third-order valence-electron chi connectivity index (χ3n) is 2.02. The van der Waals surface area contributed by atoms with Crippen LogP contribution in [0.5, 0.6) is 5.75 Å². The van der Waals surface area contributed by atoms with Crippen molar-refractivity contribution in [3.8, 4) is 5.75 Å². The summed E-state index contributed by atoms with van der Waals surface area (Å²) >= 11 is 3.33. The third kappa shape index (κ3) is 3.40. The van der Waals surface area contributed by atoms with Gasteiger partial charge in [-0.05, 0) is 34.1 Å². The van der Waals surface area contributed by atoms with Crippen molar-refractivity contribution in [2.45, 2.75) is 6.61 Å². The van der Waals surface area contributed by atoms with Crippen molar-refractivity contribution in [1.29, 1.82) is 0 Å². The normalized spacial score (nSPS) is 10.0. The summed E-state index contributed by atoms with van der Waals surface area (Å²) in [4.78, 5) is 8.24. The predicted molar refractivity (Wildman–Crippen MR) is 68.3 cm³/mol. The first kappa shape index (κ1) is 11.8. The molecular weight excluding hydrogens is 284 g/mol. The fraction of sp³-hybridized carbons (Fsp3) is 0.0909. The van der Waals surface area contributed by atoms with Gasteiger partial charge in [-0.1, -0.05) is 6.07 Å². The maximum Gasteiger partial charge on any atom is 0.140 e. The van der Waals surface area contributed by atoms with Gasteiger partial charge in [0.05, 0.1) is 11.9 Å². The maximum absolute atomic E-state index is 5.55. The van der Waals surface area contributed by atoms with Crippen molar-refractivity contribution in [2.75, 3.05) is 5.43 Å². The first-order chi connectivity index (χ1) is 8.28. The first-order valence-corrected chi connectivity index (χ1v) is 5.73. The second-order valence-corrected chi connectivity index (χ2v) is 4.20. The van der Waals surface area contributed by atoms with Crippen LogP contribution < -0.4 is 16.0 Å². The van der Waals surface area contributed by atoms with Crippen LogP contribution in [-0.2, 0) is 6.61 Å². The molecule has 5 nitrogen and oxygen atoms in total. The van der Waals surface area contributed by atoms with Crippen molar-refractivity contribution >= 4 is 21.7 Å². The number of rotatable bonds is 4. The number of nitrogens with zero attached hydrogens (tertiary/aromatic N) is 2. The van der Waals surface area contributed by atoms with Crippen LogP contribution in [0.3, 0.4) is 0 Å². The van der Waals surface area contributed by atoms with Gasteiger partial charge < -0.3 is 10.2 Å². The lowest BCUT2D eigenvalue weighted by Crippen LogP contribution is -2.09. The Morgan fingerprint density at radius 1 is 1.35 bits per heavy atom. The lowest BCUT2D eigenvalue weighted by Gasteiger charge is -2.06. The molecule has 0 unspecified atom stereocenters. The summed E-state index contributed by atoms with van der Waals surface area (Å²) in [7, 11) is 0. The van der Waals surface area contributed by atoms with E-state index in [2.05, 4.69) is 31.3 Å². The molecule has 0 radical (unpaired) electrons. The van der Waals surface area contributed by atoms with Crippen LogP contribution in [0.1, 0.15) is 5.69 Å². The van der Waals surface area contributed by atoms with Gasteiger partial charge in [-0.15, -0.1) is 0 Å². The fourth-order valence-electron chi connectivity index (χ4n) is 1.27. The zero-order valence-corrected chi connectivity index (χ0v) is 10.5. The minimum absolute atomic E-state index is 0.369. The number of hydrazine groups is 1. The first-order valence-electron chi connectivity index (χ1n) is 4.94. The summed E-state index contributed by atoms with van der Waals surface area (Å²) in [6.45, 7) is 0.369. The molecule has 2 heterocycles. The number of nitrogen functional groups attached to an aromatic ring is 1. The average Bonchev–Trinajstić information content (AvgIpc) is 2.37. The second-order valence-electron chi connectivity index (χ2n) is 3.29. The van der Waals surface area contributed by atoms with Gasteiger partial charge in [0.1, 0.15) is 18.2 Å². The molecule has 6 heteroatoms. The molecule has 0 bridgehead atoms. The molecule has 3 N–H and O–H groups in total. The third-order valence-corrected chi connectivity index (χ3v) is 2.45. The van der Waals surface area contributed by atoms with Crippen LogP contribution >= 0.6 is 15.9 Å². The Morgan fingerprint density at radius 2 is 2.24 bits per heavy atom. The molecular formula is C11H11BrN4O. The highest BCUT2D eigenvalue weighted by Crippen LogP contribution is 2.17. The van der Waals surface area contributed by atoms with E-state index in [0.29, 0.717) is 18.2 Å². The van der Waals surface area contributed by atoms with Gasteiger partial charge in [0.25, 0.3) is 0 Å². The molecule has 2 rings (SSSR count). The SMILES string of the molecule is NNc1cccc(COc2cncc(Br)c2)n1. The van der Waals surface area contributed by atoms with E-state index in [4.69, 9.17) is 10.6 Å². The summed E-state index contributed by atoms with van der Waals surface area (Å²) in [6, 6.07) is 7.36. The van der Waals surface area contributed by atoms with Crippen molar-refractivity contribution in [1.82, 2.24) is 9.97 Å². The average molecular weight is 295 g/mol. The number of nitrogens with two attached hydrogens (primary N) is 1. The molecule has 2 aromatic heterocycles. The number of nitrogens with one attached hydrogen (secondary N) is 1. The summed E-state index contributed by atoms with van der Waals surface area (Å²) < 4.78 is 6.42. The van der Waals surface area contributed by atoms with E-state index in [1.54, 1.807) is 18.5 Å². The fourth-order valence-corrected chi connectivity index (χ4v) is 1.61. The van der Waals surface area contributed by atoms with Crippen LogP contribution in [0.4, 0.5) is 5.82 Å². The van der Waals surface area contributed by atoms with Crippen LogP contribution in [0.15, 0.2) is 41.1 Å². The Bertz CT molecular complexity index is 506. The molecule has 0 saturated carbocycles. The van der Waals surface area contributed by atoms with Gasteiger partial charge in [0.2, 0.25) is 0 Å². The van der Waals surface area contributed by atoms with Crippen LogP contribution in [0, 0.1) is 0 Å². The Balaban J connectivity index is 2.02. The van der Waals surface area contributed by atoms with Gasteiger partial charge in [0, 0.05) is 10.7 Å². The molecule has 0 saturated heterocycles. The minimum Gasteiger partial charge on any atom is -0.486 e. The lowest BCUT2D eigenvalue weighted by atomic mass is 10.3. The van der Waals surface area contributed by atoms with Crippen LogP contribution in [-0.4, -0.2) is 9.97 Å². The van der Waals surface area contributed by atoms with E-state index in [-0.39, 0.29) is 0 Å². The number of ether oxygens (including phenoxy) is 1. The van der Waals surface area contributed by atoms with Gasteiger partial charge in [-0.25, -0.2) is 10.8 Å². The summed E-state index contributed by atoms with van der Waals surface area (Å²) in [5, 5.41) is 0. The summed E-state index contributed by atoms with van der Waals surface area (Å²) in [6.07, 6.45) is 3.35. The summed E-state index contributed by atoms with van der Waals surface area (Å²) in [5.41, 5.74) is 3.28. The number of aromatic nitrogens is 2. The van der Waals surface area contributed by atoms with Crippen molar-refractivity contribution in [3.05, 3.63) is 46.8 Å². The quantitative estimate of drug-likeness (QED) is 0.667. The smallest absolute Gasteiger partial charge is 0.140 e. The topological polar surface area (TPSA) is 73.1 Å². The number of pyridine rings is 2. The monoisotopic (exact) mass is 294 g/mol. The van der Waals surface area contributed by atoms with Crippen LogP contribution in [0.25, 0.3) is 0 Å². The molecule has 0 aliphatic heterocycles. The molecule has 0 amide bonds. The molecule has 0 aromatic carbocycles. The molecule has 88 valence electrons. The molecule has 0 spiro atoms. The molecule has 0 fully saturated rings. The summed E-state index contributed by atoms with van der Waals surface area (Å²) in [5.74, 6) is 6.57. The van der Waals surface area contributed by atoms with E-state index in [1.807, 2.05) is 18.2 Å². The van der Waals surface area contributed by atoms with E-state index >= 15 is 0 Å². The van der Waals surface area contributed by atoms with E-state index in [9.17, 15) is 0 Å². The number of halogens is 1. The number of hydrogen-bond donors (Lipinski definition) is 2. The van der Waals surface area contributed by atoms with Crippen molar-refractivity contribution in [3.63, 3.8) is 0 Å². The van der Waals surface area contributed by atoms with Crippen molar-refractivity contribution in [2.24, 2.45) is 5.84 Å². The highest BCUT2D eigenvalue weighted by Gasteiger charge is 1.99. The van der Waals surface area contributed by atoms with Gasteiger partial charge in [-0.3, -0.25) is 4.98 Å². The van der Waals surface area contributed by atoms with Crippen molar-refractivity contribution < 1.29 is 4.74 Å². The largest absolute Gasteiger partial charge is 0.486 e. The van der Waals surface area contributed by atoms with E-state index in [1.165, 1.54) is 0 Å². The standard InChI is InChI=1S/C11H11BrN4O/c12-8-4-10(6-14-5-8)17-7-9-2-1-3-11(15-9)16-13/h1-6H,7,13H2,(H,15,16). The zero-order chi connectivity index (χ0) is 12.1. The lowest BCUT2D eigenvalue weighted by molar-refractivity contribution is 0.300. The number of anilines is 1. The van der Waals surface area contributed by atoms with Crippen LogP contribution in [0.2, 0.25) is 0 Å². The van der Waals surface area contributed by atoms with E-state index < -0.39 is 0 Å². The van der Waals surface area contributed by atoms with E-state index in [0.717, 1.165) is 10.2 Å². The predicted octanol–water partition coefficient (Wildman–Crippen LogP) is 2.10. The minimum atomic E-state index is 0.369. The Morgan fingerprint density at radius 3 is 3.00 bits per heavy atom. The molecule has 17 heavy (non-hydrogen) atoms. The molecule has 2 aromatic rings. The zero-order valence-electron chi connectivity index (χ0n) is 8.93.